The highest BCUT2D eigenvalue weighted by molar-refractivity contribution is 6.23. The first-order chi connectivity index (χ1) is 26.2. The molecule has 0 saturated carbocycles. The van der Waals surface area contributed by atoms with Crippen LogP contribution >= 0.6 is 0 Å². The summed E-state index contributed by atoms with van der Waals surface area (Å²) in [4.78, 5) is 15.4. The molecule has 11 aromatic rings. The lowest BCUT2D eigenvalue weighted by Gasteiger charge is -2.12. The summed E-state index contributed by atoms with van der Waals surface area (Å²) in [5.74, 6) is 1.88. The summed E-state index contributed by atoms with van der Waals surface area (Å²) in [7, 11) is 0. The van der Waals surface area contributed by atoms with Crippen molar-refractivity contribution in [2.24, 2.45) is 0 Å². The Morgan fingerprint density at radius 3 is 1.75 bits per heavy atom. The Bertz CT molecular complexity index is 3230. The monoisotopic (exact) mass is 675 g/mol. The number of hydrogen-bond acceptors (Lipinski definition) is 4. The molecule has 4 heteroatoms. The Labute approximate surface area is 304 Å². The van der Waals surface area contributed by atoms with E-state index in [1.807, 2.05) is 36.4 Å². The molecule has 4 nitrogen and oxygen atoms in total. The molecule has 0 radical (unpaired) electrons. The third-order valence-electron chi connectivity index (χ3n) is 10.5. The summed E-state index contributed by atoms with van der Waals surface area (Å²) >= 11 is 0. The highest BCUT2D eigenvalue weighted by Gasteiger charge is 2.19. The molecular formula is C49H29N3O. The molecule has 0 aliphatic carbocycles. The number of fused-ring (bicyclic) bond motifs is 8. The van der Waals surface area contributed by atoms with Gasteiger partial charge in [0.15, 0.2) is 17.5 Å². The van der Waals surface area contributed by atoms with E-state index in [4.69, 9.17) is 19.4 Å². The molecule has 11 rings (SSSR count). The highest BCUT2D eigenvalue weighted by atomic mass is 16.3. The van der Waals surface area contributed by atoms with Crippen molar-refractivity contribution in [2.75, 3.05) is 0 Å². The topological polar surface area (TPSA) is 51.8 Å². The van der Waals surface area contributed by atoms with Crippen LogP contribution in [0.15, 0.2) is 180 Å². The van der Waals surface area contributed by atoms with Gasteiger partial charge in [-0.2, -0.15) is 0 Å². The third-order valence-corrected chi connectivity index (χ3v) is 10.5. The van der Waals surface area contributed by atoms with Crippen LogP contribution in [0.2, 0.25) is 0 Å². The Morgan fingerprint density at radius 2 is 0.925 bits per heavy atom. The summed E-state index contributed by atoms with van der Waals surface area (Å²) in [6, 6.07) is 61.6. The van der Waals surface area contributed by atoms with Crippen molar-refractivity contribution in [3.63, 3.8) is 0 Å². The number of nitrogens with zero attached hydrogens (tertiary/aromatic N) is 3. The van der Waals surface area contributed by atoms with E-state index in [9.17, 15) is 0 Å². The molecule has 0 saturated heterocycles. The second-order valence-electron chi connectivity index (χ2n) is 13.6. The zero-order valence-electron chi connectivity index (χ0n) is 28.5. The van der Waals surface area contributed by atoms with Gasteiger partial charge in [-0.15, -0.1) is 0 Å². The Kier molecular flexibility index (Phi) is 6.52. The van der Waals surface area contributed by atoms with E-state index in [0.29, 0.717) is 17.5 Å². The third kappa shape index (κ3) is 4.80. The standard InChI is InChI=1S/C49H29N3O/c1-2-13-31(14-3-1)47-50-48(52-49(51-47)40-23-11-18-34-26-32-15-4-5-16-33(32)27-41(34)40)35-24-25-44-43(28-35)46-39-21-9-8-20-38(39)42(29-45(46)53-44)37-22-10-17-30-12-6-7-19-36(30)37/h1-29H. The van der Waals surface area contributed by atoms with Crippen molar-refractivity contribution < 1.29 is 4.42 Å². The summed E-state index contributed by atoms with van der Waals surface area (Å²) in [5, 5.41) is 11.5. The van der Waals surface area contributed by atoms with Crippen LogP contribution in [0.5, 0.6) is 0 Å². The quantitative estimate of drug-likeness (QED) is 0.174. The average Bonchev–Trinajstić information content (AvgIpc) is 3.60. The molecule has 0 fully saturated rings. The van der Waals surface area contributed by atoms with E-state index in [0.717, 1.165) is 60.4 Å². The fraction of sp³-hybridized carbons (Fsp3) is 0. The minimum atomic E-state index is 0.611. The molecule has 0 unspecified atom stereocenters. The van der Waals surface area contributed by atoms with Gasteiger partial charge in [-0.3, -0.25) is 0 Å². The van der Waals surface area contributed by atoms with Crippen molar-refractivity contribution in [3.8, 4) is 45.3 Å². The van der Waals surface area contributed by atoms with E-state index in [1.54, 1.807) is 0 Å². The Morgan fingerprint density at radius 1 is 0.302 bits per heavy atom. The zero-order valence-corrected chi connectivity index (χ0v) is 28.5. The number of furan rings is 1. The lowest BCUT2D eigenvalue weighted by atomic mass is 9.92. The van der Waals surface area contributed by atoms with E-state index < -0.39 is 0 Å². The van der Waals surface area contributed by atoms with Crippen molar-refractivity contribution in [2.45, 2.75) is 0 Å². The molecule has 0 bridgehead atoms. The molecule has 0 atom stereocenters. The molecule has 0 N–H and O–H groups in total. The van der Waals surface area contributed by atoms with E-state index in [1.165, 1.54) is 32.5 Å². The van der Waals surface area contributed by atoms with E-state index >= 15 is 0 Å². The number of aromatic nitrogens is 3. The molecule has 246 valence electrons. The maximum Gasteiger partial charge on any atom is 0.164 e. The SMILES string of the molecule is c1ccc(-c2nc(-c3ccc4oc5cc(-c6cccc7ccccc67)c6ccccc6c5c4c3)nc(-c3cccc4cc5ccccc5cc34)n2)cc1. The van der Waals surface area contributed by atoms with Crippen LogP contribution in [0.1, 0.15) is 0 Å². The largest absolute Gasteiger partial charge is 0.456 e. The first-order valence-electron chi connectivity index (χ1n) is 17.9. The maximum absolute atomic E-state index is 6.64. The van der Waals surface area contributed by atoms with E-state index in [2.05, 4.69) is 140 Å². The summed E-state index contributed by atoms with van der Waals surface area (Å²) in [6.45, 7) is 0. The van der Waals surface area contributed by atoms with Crippen LogP contribution in [-0.4, -0.2) is 15.0 Å². The molecule has 0 amide bonds. The maximum atomic E-state index is 6.64. The summed E-state index contributed by atoms with van der Waals surface area (Å²) < 4.78 is 6.64. The summed E-state index contributed by atoms with van der Waals surface area (Å²) in [5.41, 5.74) is 6.82. The minimum absolute atomic E-state index is 0.611. The van der Waals surface area contributed by atoms with Gasteiger partial charge >= 0.3 is 0 Å². The van der Waals surface area contributed by atoms with Crippen LogP contribution in [0, 0.1) is 0 Å². The normalized spacial score (nSPS) is 11.8. The first kappa shape index (κ1) is 29.5. The van der Waals surface area contributed by atoms with Crippen LogP contribution in [-0.2, 0) is 0 Å². The van der Waals surface area contributed by atoms with Crippen molar-refractivity contribution in [1.82, 2.24) is 15.0 Å². The number of rotatable bonds is 4. The molecular weight excluding hydrogens is 647 g/mol. The van der Waals surface area contributed by atoms with Gasteiger partial charge in [0, 0.05) is 27.5 Å². The summed E-state index contributed by atoms with van der Waals surface area (Å²) in [6.07, 6.45) is 0. The fourth-order valence-corrected chi connectivity index (χ4v) is 7.97. The van der Waals surface area contributed by atoms with Gasteiger partial charge in [0.1, 0.15) is 11.2 Å². The minimum Gasteiger partial charge on any atom is -0.456 e. The molecule has 0 aliphatic rings. The van der Waals surface area contributed by atoms with E-state index in [-0.39, 0.29) is 0 Å². The molecule has 2 aromatic heterocycles. The van der Waals surface area contributed by atoms with Gasteiger partial charge in [-0.05, 0) is 90.6 Å². The number of hydrogen-bond donors (Lipinski definition) is 0. The van der Waals surface area contributed by atoms with Crippen LogP contribution in [0.4, 0.5) is 0 Å². The predicted molar refractivity (Wildman–Crippen MR) is 219 cm³/mol. The number of benzene rings is 9. The highest BCUT2D eigenvalue weighted by Crippen LogP contribution is 2.43. The lowest BCUT2D eigenvalue weighted by molar-refractivity contribution is 0.669. The van der Waals surface area contributed by atoms with Gasteiger partial charge in [0.05, 0.1) is 0 Å². The van der Waals surface area contributed by atoms with Gasteiger partial charge in [0.25, 0.3) is 0 Å². The molecule has 53 heavy (non-hydrogen) atoms. The average molecular weight is 676 g/mol. The Balaban J connectivity index is 1.14. The lowest BCUT2D eigenvalue weighted by Crippen LogP contribution is -2.00. The second kappa shape index (κ2) is 11.7. The molecule has 0 spiro atoms. The van der Waals surface area contributed by atoms with Gasteiger partial charge in [-0.1, -0.05) is 140 Å². The van der Waals surface area contributed by atoms with Gasteiger partial charge in [0.2, 0.25) is 0 Å². The first-order valence-corrected chi connectivity index (χ1v) is 17.9. The Hall–Kier alpha value is -7.17. The molecule has 0 aliphatic heterocycles. The van der Waals surface area contributed by atoms with Crippen molar-refractivity contribution in [1.29, 1.82) is 0 Å². The van der Waals surface area contributed by atoms with Gasteiger partial charge < -0.3 is 4.42 Å². The van der Waals surface area contributed by atoms with Crippen LogP contribution in [0.25, 0.3) is 110 Å². The predicted octanol–water partition coefficient (Wildman–Crippen LogP) is 13.1. The van der Waals surface area contributed by atoms with Gasteiger partial charge in [-0.25, -0.2) is 15.0 Å². The van der Waals surface area contributed by atoms with Crippen molar-refractivity contribution >= 4 is 65.0 Å². The second-order valence-corrected chi connectivity index (χ2v) is 13.6. The molecule has 9 aromatic carbocycles. The van der Waals surface area contributed by atoms with Crippen LogP contribution < -0.4 is 0 Å². The molecule has 2 heterocycles. The zero-order chi connectivity index (χ0) is 34.9. The van der Waals surface area contributed by atoms with Crippen LogP contribution in [0.3, 0.4) is 0 Å². The fourth-order valence-electron chi connectivity index (χ4n) is 7.97. The smallest absolute Gasteiger partial charge is 0.164 e. The van der Waals surface area contributed by atoms with Crippen molar-refractivity contribution in [3.05, 3.63) is 176 Å².